The van der Waals surface area contributed by atoms with Gasteiger partial charge in [-0.25, -0.2) is 13.1 Å². The van der Waals surface area contributed by atoms with E-state index in [-0.39, 0.29) is 0 Å². The Morgan fingerprint density at radius 1 is 1.20 bits per heavy atom. The molecule has 1 aliphatic rings. The van der Waals surface area contributed by atoms with Crippen LogP contribution in [0.15, 0.2) is 29.2 Å². The molecule has 2 N–H and O–H groups in total. The van der Waals surface area contributed by atoms with E-state index in [0.29, 0.717) is 16.6 Å². The summed E-state index contributed by atoms with van der Waals surface area (Å²) < 4.78 is 26.4. The predicted molar refractivity (Wildman–Crippen MR) is 81.4 cm³/mol. The highest BCUT2D eigenvalue weighted by atomic mass is 32.2. The van der Waals surface area contributed by atoms with Gasteiger partial charge >= 0.3 is 0 Å². The molecule has 1 aliphatic heterocycles. The van der Waals surface area contributed by atoms with Crippen molar-refractivity contribution in [2.24, 2.45) is 0 Å². The van der Waals surface area contributed by atoms with Crippen LogP contribution in [0.1, 0.15) is 19.3 Å². The molecule has 1 saturated heterocycles. The monoisotopic (exact) mass is 297 g/mol. The molecule has 0 aliphatic carbocycles. The quantitative estimate of drug-likeness (QED) is 0.884. The van der Waals surface area contributed by atoms with Gasteiger partial charge in [-0.05, 0) is 58.6 Å². The molecule has 0 saturated carbocycles. The minimum Gasteiger partial charge on any atom is -0.381 e. The van der Waals surface area contributed by atoms with Gasteiger partial charge in [-0.3, -0.25) is 0 Å². The van der Waals surface area contributed by atoms with Gasteiger partial charge in [0.15, 0.2) is 0 Å². The van der Waals surface area contributed by atoms with Crippen LogP contribution in [0.2, 0.25) is 0 Å². The molecular formula is C14H23N3O2S. The van der Waals surface area contributed by atoms with Crippen molar-refractivity contribution >= 4 is 15.7 Å². The highest BCUT2D eigenvalue weighted by Gasteiger charge is 2.20. The fourth-order valence-corrected chi connectivity index (χ4v) is 3.43. The molecule has 5 nitrogen and oxygen atoms in total. The number of rotatable bonds is 4. The third-order valence-electron chi connectivity index (χ3n) is 3.76. The predicted octanol–water partition coefficient (Wildman–Crippen LogP) is 1.49. The molecule has 1 atom stereocenters. The molecule has 0 aromatic heterocycles. The summed E-state index contributed by atoms with van der Waals surface area (Å²) in [4.78, 5) is 2.64. The molecule has 112 valence electrons. The maximum absolute atomic E-state index is 12.0. The van der Waals surface area contributed by atoms with Crippen LogP contribution in [-0.2, 0) is 10.0 Å². The first-order chi connectivity index (χ1) is 9.53. The van der Waals surface area contributed by atoms with Gasteiger partial charge < -0.3 is 10.2 Å². The summed E-state index contributed by atoms with van der Waals surface area (Å²) in [7, 11) is 0.142. The molecule has 1 aromatic carbocycles. The lowest BCUT2D eigenvalue weighted by Gasteiger charge is -2.20. The van der Waals surface area contributed by atoms with Crippen LogP contribution in [0.4, 0.5) is 5.69 Å². The number of nitrogens with zero attached hydrogens (tertiary/aromatic N) is 1. The molecule has 1 unspecified atom stereocenters. The normalized spacial score (nSPS) is 21.4. The molecule has 0 bridgehead atoms. The van der Waals surface area contributed by atoms with E-state index < -0.39 is 10.0 Å². The number of nitrogens with one attached hydrogen (secondary N) is 2. The summed E-state index contributed by atoms with van der Waals surface area (Å²) >= 11 is 0. The van der Waals surface area contributed by atoms with E-state index in [1.165, 1.54) is 7.05 Å². The third-order valence-corrected chi connectivity index (χ3v) is 5.23. The van der Waals surface area contributed by atoms with Crippen LogP contribution in [0.3, 0.4) is 0 Å². The van der Waals surface area contributed by atoms with Crippen LogP contribution in [0.5, 0.6) is 0 Å². The zero-order valence-electron chi connectivity index (χ0n) is 12.1. The molecule has 1 aromatic rings. The van der Waals surface area contributed by atoms with Crippen LogP contribution in [-0.4, -0.2) is 46.5 Å². The van der Waals surface area contributed by atoms with Crippen molar-refractivity contribution in [3.8, 4) is 0 Å². The second-order valence-corrected chi connectivity index (χ2v) is 7.13. The SMILES string of the molecule is CNS(=O)(=O)c1ccccc1NC1CCCN(C)CC1. The first kappa shape index (κ1) is 15.3. The van der Waals surface area contributed by atoms with Crippen LogP contribution >= 0.6 is 0 Å². The molecule has 20 heavy (non-hydrogen) atoms. The Hall–Kier alpha value is -1.11. The summed E-state index contributed by atoms with van der Waals surface area (Å²) in [5.74, 6) is 0. The fourth-order valence-electron chi connectivity index (χ4n) is 2.53. The molecule has 0 amide bonds. The zero-order valence-corrected chi connectivity index (χ0v) is 12.9. The van der Waals surface area contributed by atoms with Crippen molar-refractivity contribution in [1.29, 1.82) is 0 Å². The lowest BCUT2D eigenvalue weighted by atomic mass is 10.1. The number of anilines is 1. The second kappa shape index (κ2) is 6.56. The molecular weight excluding hydrogens is 274 g/mol. The average molecular weight is 297 g/mol. The Balaban J connectivity index is 2.17. The van der Waals surface area contributed by atoms with Crippen molar-refractivity contribution in [2.45, 2.75) is 30.2 Å². The van der Waals surface area contributed by atoms with E-state index in [1.54, 1.807) is 12.1 Å². The summed E-state index contributed by atoms with van der Waals surface area (Å²) in [6, 6.07) is 7.40. The van der Waals surface area contributed by atoms with E-state index in [1.807, 2.05) is 12.1 Å². The van der Waals surface area contributed by atoms with Gasteiger partial charge in [-0.1, -0.05) is 12.1 Å². The number of hydrogen-bond acceptors (Lipinski definition) is 4. The van der Waals surface area contributed by atoms with Gasteiger partial charge in [-0.2, -0.15) is 0 Å². The number of para-hydroxylation sites is 1. The van der Waals surface area contributed by atoms with Crippen molar-refractivity contribution in [3.05, 3.63) is 24.3 Å². The van der Waals surface area contributed by atoms with Gasteiger partial charge in [0, 0.05) is 6.04 Å². The Morgan fingerprint density at radius 2 is 1.95 bits per heavy atom. The highest BCUT2D eigenvalue weighted by Crippen LogP contribution is 2.23. The van der Waals surface area contributed by atoms with E-state index in [2.05, 4.69) is 22.0 Å². The van der Waals surface area contributed by atoms with E-state index in [9.17, 15) is 8.42 Å². The Labute approximate surface area is 121 Å². The molecule has 1 heterocycles. The summed E-state index contributed by atoms with van der Waals surface area (Å²) in [5.41, 5.74) is 0.691. The molecule has 2 rings (SSSR count). The smallest absolute Gasteiger partial charge is 0.242 e. The minimum absolute atomic E-state index is 0.320. The first-order valence-corrected chi connectivity index (χ1v) is 8.49. The second-order valence-electron chi connectivity index (χ2n) is 5.28. The maximum atomic E-state index is 12.0. The molecule has 6 heteroatoms. The zero-order chi connectivity index (χ0) is 14.6. The Morgan fingerprint density at radius 3 is 2.70 bits per heavy atom. The standard InChI is InChI=1S/C14H23N3O2S/c1-15-20(18,19)14-8-4-3-7-13(14)16-12-6-5-10-17(2)11-9-12/h3-4,7-8,12,15-16H,5-6,9-11H2,1-2H3. The van der Waals surface area contributed by atoms with E-state index in [0.717, 1.165) is 32.4 Å². The summed E-state index contributed by atoms with van der Waals surface area (Å²) in [6.07, 6.45) is 3.23. The van der Waals surface area contributed by atoms with Crippen molar-refractivity contribution in [2.75, 3.05) is 32.5 Å². The van der Waals surface area contributed by atoms with E-state index in [4.69, 9.17) is 0 Å². The summed E-state index contributed by atoms with van der Waals surface area (Å²) in [5, 5.41) is 3.40. The van der Waals surface area contributed by atoms with Crippen LogP contribution in [0.25, 0.3) is 0 Å². The first-order valence-electron chi connectivity index (χ1n) is 7.00. The van der Waals surface area contributed by atoms with Crippen LogP contribution in [0, 0.1) is 0 Å². The van der Waals surface area contributed by atoms with Gasteiger partial charge in [-0.15, -0.1) is 0 Å². The lowest BCUT2D eigenvalue weighted by molar-refractivity contribution is 0.348. The number of sulfonamides is 1. The highest BCUT2D eigenvalue weighted by molar-refractivity contribution is 7.89. The van der Waals surface area contributed by atoms with E-state index >= 15 is 0 Å². The molecule has 0 spiro atoms. The lowest BCUT2D eigenvalue weighted by Crippen LogP contribution is -2.25. The maximum Gasteiger partial charge on any atom is 0.242 e. The Kier molecular flexibility index (Phi) is 5.01. The van der Waals surface area contributed by atoms with Crippen molar-refractivity contribution in [1.82, 2.24) is 9.62 Å². The number of likely N-dealkylation sites (tertiary alicyclic amines) is 1. The third kappa shape index (κ3) is 3.71. The van der Waals surface area contributed by atoms with Gasteiger partial charge in [0.05, 0.1) is 5.69 Å². The minimum atomic E-state index is -3.42. The van der Waals surface area contributed by atoms with Crippen LogP contribution < -0.4 is 10.0 Å². The van der Waals surface area contributed by atoms with Crippen molar-refractivity contribution in [3.63, 3.8) is 0 Å². The van der Waals surface area contributed by atoms with Gasteiger partial charge in [0.25, 0.3) is 0 Å². The number of hydrogen-bond donors (Lipinski definition) is 2. The molecule has 1 fully saturated rings. The largest absolute Gasteiger partial charge is 0.381 e. The number of benzene rings is 1. The molecule has 0 radical (unpaired) electrons. The fraction of sp³-hybridized carbons (Fsp3) is 0.571. The van der Waals surface area contributed by atoms with Gasteiger partial charge in [0.2, 0.25) is 10.0 Å². The summed E-state index contributed by atoms with van der Waals surface area (Å²) in [6.45, 7) is 2.15. The average Bonchev–Trinajstić information content (AvgIpc) is 2.64. The van der Waals surface area contributed by atoms with Gasteiger partial charge in [0.1, 0.15) is 4.90 Å². The van der Waals surface area contributed by atoms with Crippen molar-refractivity contribution < 1.29 is 8.42 Å². The Bertz CT molecular complexity index is 545. The topological polar surface area (TPSA) is 61.4 Å².